The Morgan fingerprint density at radius 2 is 1.34 bits per heavy atom. The highest BCUT2D eigenvalue weighted by atomic mass is 16.6. The highest BCUT2D eigenvalue weighted by molar-refractivity contribution is 5.90. The van der Waals surface area contributed by atoms with E-state index in [4.69, 9.17) is 9.47 Å². The van der Waals surface area contributed by atoms with Crippen molar-refractivity contribution in [2.24, 2.45) is 22.7 Å². The van der Waals surface area contributed by atoms with Gasteiger partial charge in [0, 0.05) is 35.6 Å². The predicted molar refractivity (Wildman–Crippen MR) is 146 cm³/mol. The summed E-state index contributed by atoms with van der Waals surface area (Å²) in [5.74, 6) is -1.66. The average Bonchev–Trinajstić information content (AvgIpc) is 3.26. The Bertz CT molecular complexity index is 1370. The normalized spacial score (nSPS) is 31.8. The van der Waals surface area contributed by atoms with E-state index in [0.29, 0.717) is 31.6 Å². The van der Waals surface area contributed by atoms with Crippen LogP contribution < -0.4 is 0 Å². The van der Waals surface area contributed by atoms with Crippen LogP contribution in [0.2, 0.25) is 0 Å². The summed E-state index contributed by atoms with van der Waals surface area (Å²) in [5, 5.41) is 34.5. The Morgan fingerprint density at radius 1 is 0.829 bits per heavy atom. The number of aliphatic hydroxyl groups is 1. The van der Waals surface area contributed by atoms with Crippen molar-refractivity contribution < 1.29 is 34.0 Å². The molecule has 3 saturated carbocycles. The minimum absolute atomic E-state index is 0.104. The number of esters is 2. The second-order valence-corrected chi connectivity index (χ2v) is 12.4. The Morgan fingerprint density at radius 3 is 1.78 bits per heavy atom. The van der Waals surface area contributed by atoms with E-state index in [1.54, 1.807) is 0 Å². The maximum atomic E-state index is 13.4. The number of benzene rings is 2. The summed E-state index contributed by atoms with van der Waals surface area (Å²) >= 11 is 0. The van der Waals surface area contributed by atoms with E-state index in [0.717, 1.165) is 12.8 Å². The van der Waals surface area contributed by atoms with Gasteiger partial charge in [0.05, 0.1) is 26.6 Å². The summed E-state index contributed by atoms with van der Waals surface area (Å²) < 4.78 is 11.9. The SMILES string of the molecule is CC1(C)[C@@H]2CC[C@@]1(C)[C@@](O)([C@@H]1CCC[C@@H](OC(=O)c3ccc([N+](=O)[O-])cc3)[C@H]1OC(=O)c1ccc([N+](=O)[O-])cc1)C2. The Labute approximate surface area is 237 Å². The van der Waals surface area contributed by atoms with Crippen molar-refractivity contribution >= 4 is 23.3 Å². The van der Waals surface area contributed by atoms with Crippen LogP contribution in [0.15, 0.2) is 48.5 Å². The van der Waals surface area contributed by atoms with Gasteiger partial charge in [0.15, 0.2) is 0 Å². The maximum absolute atomic E-state index is 13.4. The van der Waals surface area contributed by atoms with Crippen LogP contribution in [0, 0.1) is 42.9 Å². The maximum Gasteiger partial charge on any atom is 0.338 e. The lowest BCUT2D eigenvalue weighted by Gasteiger charge is -2.53. The molecule has 218 valence electrons. The van der Waals surface area contributed by atoms with Crippen LogP contribution in [0.1, 0.15) is 80.0 Å². The Hall–Kier alpha value is -3.86. The van der Waals surface area contributed by atoms with Gasteiger partial charge in [0.1, 0.15) is 12.2 Å². The molecule has 41 heavy (non-hydrogen) atoms. The van der Waals surface area contributed by atoms with E-state index in [2.05, 4.69) is 20.8 Å². The summed E-state index contributed by atoms with van der Waals surface area (Å²) in [6.07, 6.45) is 2.15. The number of carbonyl (C=O) groups excluding carboxylic acids is 2. The van der Waals surface area contributed by atoms with E-state index in [1.165, 1.54) is 48.5 Å². The van der Waals surface area contributed by atoms with E-state index < -0.39 is 50.9 Å². The molecule has 11 heteroatoms. The smallest absolute Gasteiger partial charge is 0.338 e. The molecule has 0 unspecified atom stereocenters. The van der Waals surface area contributed by atoms with Crippen molar-refractivity contribution in [2.75, 3.05) is 0 Å². The van der Waals surface area contributed by atoms with E-state index in [9.17, 15) is 34.9 Å². The number of fused-ring (bicyclic) bond motifs is 2. The number of carbonyl (C=O) groups is 2. The fourth-order valence-electron chi connectivity index (χ4n) is 7.65. The fourth-order valence-corrected chi connectivity index (χ4v) is 7.65. The quantitative estimate of drug-likeness (QED) is 0.254. The number of nitro groups is 2. The van der Waals surface area contributed by atoms with Crippen molar-refractivity contribution in [3.8, 4) is 0 Å². The first-order valence-electron chi connectivity index (χ1n) is 13.9. The molecule has 6 atom stereocenters. The molecular weight excluding hydrogens is 532 g/mol. The number of rotatable bonds is 7. The monoisotopic (exact) mass is 566 g/mol. The molecule has 2 bridgehead atoms. The average molecular weight is 567 g/mol. The second-order valence-electron chi connectivity index (χ2n) is 12.4. The molecule has 0 heterocycles. The molecule has 0 spiro atoms. The molecular formula is C30H34N2O9. The van der Waals surface area contributed by atoms with Crippen LogP contribution in [0.5, 0.6) is 0 Å². The third-order valence-corrected chi connectivity index (χ3v) is 10.5. The standard InChI is InChI=1S/C30H34N2O9/c1-28(2)20-15-16-29(28,3)30(35,17-20)23-5-4-6-24(40-26(33)18-7-11-21(12-8-18)31(36)37)25(23)41-27(34)19-9-13-22(14-10-19)32(38)39/h7-14,20,23-25,35H,4-6,15-17H2,1-3H3/t20-,23-,24-,25+,29-,30+/m1/s1. The first-order valence-corrected chi connectivity index (χ1v) is 13.9. The molecule has 0 saturated heterocycles. The van der Waals surface area contributed by atoms with Crippen molar-refractivity contribution in [3.63, 3.8) is 0 Å². The number of nitrogens with zero attached hydrogens (tertiary/aromatic N) is 2. The molecule has 1 N–H and O–H groups in total. The van der Waals surface area contributed by atoms with Gasteiger partial charge in [-0.3, -0.25) is 20.2 Å². The van der Waals surface area contributed by atoms with Crippen LogP contribution in [-0.2, 0) is 9.47 Å². The van der Waals surface area contributed by atoms with Gasteiger partial charge in [-0.05, 0) is 74.1 Å². The summed E-state index contributed by atoms with van der Waals surface area (Å²) in [6.45, 7) is 6.45. The molecule has 2 aromatic rings. The third kappa shape index (κ3) is 4.65. The zero-order chi connectivity index (χ0) is 29.7. The number of hydrogen-bond acceptors (Lipinski definition) is 9. The minimum Gasteiger partial charge on any atom is -0.455 e. The van der Waals surface area contributed by atoms with Crippen molar-refractivity contribution in [1.82, 2.24) is 0 Å². The lowest BCUT2D eigenvalue weighted by Crippen LogP contribution is -2.60. The predicted octanol–water partition coefficient (Wildman–Crippen LogP) is 5.63. The lowest BCUT2D eigenvalue weighted by molar-refractivity contribution is -0.385. The highest BCUT2D eigenvalue weighted by Gasteiger charge is 2.72. The van der Waals surface area contributed by atoms with Crippen LogP contribution >= 0.6 is 0 Å². The molecule has 0 radical (unpaired) electrons. The summed E-state index contributed by atoms with van der Waals surface area (Å²) in [6, 6.07) is 10.1. The highest BCUT2D eigenvalue weighted by Crippen LogP contribution is 2.72. The summed E-state index contributed by atoms with van der Waals surface area (Å²) in [7, 11) is 0. The third-order valence-electron chi connectivity index (χ3n) is 10.5. The molecule has 0 aliphatic heterocycles. The largest absolute Gasteiger partial charge is 0.455 e. The molecule has 3 aliphatic rings. The van der Waals surface area contributed by atoms with Gasteiger partial charge in [-0.2, -0.15) is 0 Å². The molecule has 0 aromatic heterocycles. The van der Waals surface area contributed by atoms with Crippen molar-refractivity contribution in [1.29, 1.82) is 0 Å². The molecule has 3 aliphatic carbocycles. The Kier molecular flexibility index (Phi) is 7.13. The first kappa shape index (κ1) is 28.7. The van der Waals surface area contributed by atoms with Gasteiger partial charge >= 0.3 is 11.9 Å². The lowest BCUT2D eigenvalue weighted by atomic mass is 9.57. The van der Waals surface area contributed by atoms with Crippen LogP contribution in [0.3, 0.4) is 0 Å². The van der Waals surface area contributed by atoms with Crippen LogP contribution in [0.25, 0.3) is 0 Å². The van der Waals surface area contributed by atoms with Crippen molar-refractivity contribution in [2.45, 2.75) is 77.1 Å². The second kappa shape index (κ2) is 10.2. The van der Waals surface area contributed by atoms with Gasteiger partial charge in [-0.1, -0.05) is 20.8 Å². The molecule has 5 rings (SSSR count). The summed E-state index contributed by atoms with van der Waals surface area (Å²) in [4.78, 5) is 47.4. The van der Waals surface area contributed by atoms with E-state index >= 15 is 0 Å². The minimum atomic E-state index is -1.17. The first-order chi connectivity index (χ1) is 19.3. The van der Waals surface area contributed by atoms with Gasteiger partial charge < -0.3 is 14.6 Å². The molecule has 11 nitrogen and oxygen atoms in total. The number of non-ortho nitro benzene ring substituents is 2. The van der Waals surface area contributed by atoms with E-state index in [-0.39, 0.29) is 27.9 Å². The summed E-state index contributed by atoms with van der Waals surface area (Å²) in [5.41, 5.74) is -1.87. The van der Waals surface area contributed by atoms with Gasteiger partial charge in [0.2, 0.25) is 0 Å². The number of nitro benzene ring substituents is 2. The van der Waals surface area contributed by atoms with E-state index in [1.807, 2.05) is 0 Å². The van der Waals surface area contributed by atoms with Gasteiger partial charge in [0.25, 0.3) is 11.4 Å². The number of ether oxygens (including phenoxy) is 2. The van der Waals surface area contributed by atoms with Crippen molar-refractivity contribution in [3.05, 3.63) is 79.9 Å². The van der Waals surface area contributed by atoms with Crippen LogP contribution in [0.4, 0.5) is 11.4 Å². The molecule has 2 aromatic carbocycles. The zero-order valence-electron chi connectivity index (χ0n) is 23.3. The van der Waals surface area contributed by atoms with Gasteiger partial charge in [-0.15, -0.1) is 0 Å². The van der Waals surface area contributed by atoms with Gasteiger partial charge in [-0.25, -0.2) is 9.59 Å². The zero-order valence-corrected chi connectivity index (χ0v) is 23.3. The van der Waals surface area contributed by atoms with Crippen LogP contribution in [-0.4, -0.2) is 44.7 Å². The molecule has 3 fully saturated rings. The fraction of sp³-hybridized carbons (Fsp3) is 0.533. The molecule has 0 amide bonds. The number of hydrogen-bond donors (Lipinski definition) is 1. The Balaban J connectivity index is 1.46. The topological polar surface area (TPSA) is 159 Å².